The summed E-state index contributed by atoms with van der Waals surface area (Å²) in [6, 6.07) is 10.5. The van der Waals surface area contributed by atoms with E-state index in [1.165, 1.54) is 7.11 Å². The summed E-state index contributed by atoms with van der Waals surface area (Å²) in [4.78, 5) is 12.4. The Kier molecular flexibility index (Phi) is 5.93. The molecule has 0 saturated heterocycles. The minimum atomic E-state index is -0.726. The van der Waals surface area contributed by atoms with Crippen LogP contribution < -0.4 is 19.5 Å². The van der Waals surface area contributed by atoms with Crippen LogP contribution in [0, 0.1) is 6.92 Å². The third-order valence-electron chi connectivity index (χ3n) is 3.43. The van der Waals surface area contributed by atoms with Crippen molar-refractivity contribution in [2.75, 3.05) is 19.5 Å². The Morgan fingerprint density at radius 2 is 1.83 bits per heavy atom. The maximum atomic E-state index is 12.4. The number of anilines is 1. The molecule has 6 heteroatoms. The van der Waals surface area contributed by atoms with E-state index in [2.05, 4.69) is 5.32 Å². The molecule has 0 spiro atoms. The van der Waals surface area contributed by atoms with Crippen molar-refractivity contribution in [1.29, 1.82) is 0 Å². The molecular weight excluding hydrogens is 330 g/mol. The Morgan fingerprint density at radius 3 is 2.50 bits per heavy atom. The van der Waals surface area contributed by atoms with E-state index in [-0.39, 0.29) is 5.91 Å². The lowest BCUT2D eigenvalue weighted by Crippen LogP contribution is -2.30. The van der Waals surface area contributed by atoms with E-state index in [9.17, 15) is 4.79 Å². The van der Waals surface area contributed by atoms with Gasteiger partial charge in [-0.25, -0.2) is 0 Å². The number of benzene rings is 2. The summed E-state index contributed by atoms with van der Waals surface area (Å²) in [6.07, 6.45) is -0.726. The Morgan fingerprint density at radius 1 is 1.08 bits per heavy atom. The minimum absolute atomic E-state index is 0.309. The van der Waals surface area contributed by atoms with Gasteiger partial charge in [0.2, 0.25) is 0 Å². The van der Waals surface area contributed by atoms with Crippen LogP contribution in [0.2, 0.25) is 5.02 Å². The Bertz CT molecular complexity index is 733. The Balaban J connectivity index is 2.10. The number of carbonyl (C=O) groups excluding carboxylic acids is 1. The molecule has 2 aromatic rings. The number of hydrogen-bond donors (Lipinski definition) is 1. The van der Waals surface area contributed by atoms with Gasteiger partial charge in [-0.2, -0.15) is 0 Å². The molecule has 0 aliphatic carbocycles. The molecule has 0 heterocycles. The van der Waals surface area contributed by atoms with Gasteiger partial charge < -0.3 is 19.5 Å². The number of carbonyl (C=O) groups is 1. The van der Waals surface area contributed by atoms with E-state index in [4.69, 9.17) is 25.8 Å². The fourth-order valence-corrected chi connectivity index (χ4v) is 2.24. The predicted molar refractivity (Wildman–Crippen MR) is 94.5 cm³/mol. The standard InChI is InChI=1S/C18H20ClNO4/c1-11-5-7-14(19)16(9-11)24-12(2)18(21)20-15-8-6-13(22-3)10-17(15)23-4/h5-10,12H,1-4H3,(H,20,21). The zero-order valence-corrected chi connectivity index (χ0v) is 14.8. The number of hydrogen-bond acceptors (Lipinski definition) is 4. The summed E-state index contributed by atoms with van der Waals surface area (Å²) < 4.78 is 16.1. The maximum Gasteiger partial charge on any atom is 0.265 e. The second-order valence-electron chi connectivity index (χ2n) is 5.25. The maximum absolute atomic E-state index is 12.4. The molecule has 0 bridgehead atoms. The second-order valence-corrected chi connectivity index (χ2v) is 5.66. The van der Waals surface area contributed by atoms with Gasteiger partial charge in [-0.3, -0.25) is 4.79 Å². The fourth-order valence-electron chi connectivity index (χ4n) is 2.08. The van der Waals surface area contributed by atoms with Gasteiger partial charge in [0.25, 0.3) is 5.91 Å². The van der Waals surface area contributed by atoms with Crippen LogP contribution in [0.25, 0.3) is 0 Å². The Hall–Kier alpha value is -2.40. The molecule has 5 nitrogen and oxygen atoms in total. The molecular formula is C18H20ClNO4. The average molecular weight is 350 g/mol. The van der Waals surface area contributed by atoms with Crippen molar-refractivity contribution in [3.8, 4) is 17.2 Å². The molecule has 0 radical (unpaired) electrons. The van der Waals surface area contributed by atoms with Crippen LogP contribution in [0.1, 0.15) is 12.5 Å². The van der Waals surface area contributed by atoms with Crippen LogP contribution in [0.3, 0.4) is 0 Å². The van der Waals surface area contributed by atoms with Crippen LogP contribution in [-0.4, -0.2) is 26.2 Å². The zero-order chi connectivity index (χ0) is 17.7. The first kappa shape index (κ1) is 17.9. The highest BCUT2D eigenvalue weighted by Crippen LogP contribution is 2.30. The molecule has 1 atom stereocenters. The normalized spacial score (nSPS) is 11.5. The third-order valence-corrected chi connectivity index (χ3v) is 3.74. The number of aryl methyl sites for hydroxylation is 1. The van der Waals surface area contributed by atoms with Crippen LogP contribution in [-0.2, 0) is 4.79 Å². The van der Waals surface area contributed by atoms with Crippen molar-refractivity contribution in [1.82, 2.24) is 0 Å². The number of nitrogens with one attached hydrogen (secondary N) is 1. The van der Waals surface area contributed by atoms with Gasteiger partial charge in [0.1, 0.15) is 17.2 Å². The summed E-state index contributed by atoms with van der Waals surface area (Å²) in [7, 11) is 3.09. The average Bonchev–Trinajstić information content (AvgIpc) is 2.58. The number of amides is 1. The lowest BCUT2D eigenvalue weighted by Gasteiger charge is -2.17. The molecule has 1 amide bonds. The number of ether oxygens (including phenoxy) is 3. The van der Waals surface area contributed by atoms with Crippen molar-refractivity contribution < 1.29 is 19.0 Å². The smallest absolute Gasteiger partial charge is 0.265 e. The van der Waals surface area contributed by atoms with Crippen LogP contribution in [0.15, 0.2) is 36.4 Å². The van der Waals surface area contributed by atoms with Gasteiger partial charge in [-0.15, -0.1) is 0 Å². The van der Waals surface area contributed by atoms with Gasteiger partial charge >= 0.3 is 0 Å². The fraction of sp³-hybridized carbons (Fsp3) is 0.278. The highest BCUT2D eigenvalue weighted by Gasteiger charge is 2.18. The minimum Gasteiger partial charge on any atom is -0.497 e. The van der Waals surface area contributed by atoms with Crippen LogP contribution in [0.5, 0.6) is 17.2 Å². The van der Waals surface area contributed by atoms with E-state index >= 15 is 0 Å². The summed E-state index contributed by atoms with van der Waals surface area (Å²) in [5.74, 6) is 1.31. The molecule has 128 valence electrons. The highest BCUT2D eigenvalue weighted by atomic mass is 35.5. The first-order chi connectivity index (χ1) is 11.4. The molecule has 1 unspecified atom stereocenters. The van der Waals surface area contributed by atoms with Crippen molar-refractivity contribution in [3.63, 3.8) is 0 Å². The predicted octanol–water partition coefficient (Wildman–Crippen LogP) is 4.07. The first-order valence-corrected chi connectivity index (χ1v) is 7.78. The molecule has 0 aliphatic heterocycles. The van der Waals surface area contributed by atoms with Gasteiger partial charge in [0.15, 0.2) is 6.10 Å². The lowest BCUT2D eigenvalue weighted by molar-refractivity contribution is -0.122. The van der Waals surface area contributed by atoms with Crippen molar-refractivity contribution in [2.45, 2.75) is 20.0 Å². The molecule has 1 N–H and O–H groups in total. The van der Waals surface area contributed by atoms with Gasteiger partial charge in [0, 0.05) is 6.07 Å². The van der Waals surface area contributed by atoms with Gasteiger partial charge in [0.05, 0.1) is 24.9 Å². The molecule has 0 aromatic heterocycles. The Labute approximate surface area is 146 Å². The third kappa shape index (κ3) is 4.32. The van der Waals surface area contributed by atoms with Crippen LogP contribution in [0.4, 0.5) is 5.69 Å². The molecule has 0 saturated carbocycles. The van der Waals surface area contributed by atoms with E-state index in [0.29, 0.717) is 28.0 Å². The number of rotatable bonds is 6. The molecule has 2 aromatic carbocycles. The molecule has 0 aliphatic rings. The summed E-state index contributed by atoms with van der Waals surface area (Å²) >= 11 is 6.10. The quantitative estimate of drug-likeness (QED) is 0.854. The molecule has 0 fully saturated rings. The van der Waals surface area contributed by atoms with E-state index in [0.717, 1.165) is 5.56 Å². The van der Waals surface area contributed by atoms with Crippen molar-refractivity contribution in [3.05, 3.63) is 47.0 Å². The monoisotopic (exact) mass is 349 g/mol. The van der Waals surface area contributed by atoms with Crippen molar-refractivity contribution in [2.24, 2.45) is 0 Å². The second kappa shape index (κ2) is 7.93. The van der Waals surface area contributed by atoms with E-state index < -0.39 is 6.10 Å². The summed E-state index contributed by atoms with van der Waals surface area (Å²) in [6.45, 7) is 3.58. The first-order valence-electron chi connectivity index (χ1n) is 7.40. The van der Waals surface area contributed by atoms with E-state index in [1.54, 1.807) is 44.4 Å². The SMILES string of the molecule is COc1ccc(NC(=O)C(C)Oc2cc(C)ccc2Cl)c(OC)c1. The summed E-state index contributed by atoms with van der Waals surface area (Å²) in [5, 5.41) is 3.24. The molecule has 24 heavy (non-hydrogen) atoms. The van der Waals surface area contributed by atoms with Gasteiger partial charge in [-0.1, -0.05) is 17.7 Å². The van der Waals surface area contributed by atoms with Gasteiger partial charge in [-0.05, 0) is 43.7 Å². The largest absolute Gasteiger partial charge is 0.497 e. The van der Waals surface area contributed by atoms with Crippen LogP contribution >= 0.6 is 11.6 Å². The lowest BCUT2D eigenvalue weighted by atomic mass is 10.2. The number of halogens is 1. The number of methoxy groups -OCH3 is 2. The highest BCUT2D eigenvalue weighted by molar-refractivity contribution is 6.32. The topological polar surface area (TPSA) is 56.8 Å². The summed E-state index contributed by atoms with van der Waals surface area (Å²) in [5.41, 5.74) is 1.54. The van der Waals surface area contributed by atoms with Crippen molar-refractivity contribution >= 4 is 23.2 Å². The zero-order valence-electron chi connectivity index (χ0n) is 14.1. The van der Waals surface area contributed by atoms with E-state index in [1.807, 2.05) is 13.0 Å². The molecule has 2 rings (SSSR count).